The minimum atomic E-state index is 0.126. The monoisotopic (exact) mass is 345 g/mol. The van der Waals surface area contributed by atoms with Crippen molar-refractivity contribution in [3.63, 3.8) is 0 Å². The molecular weight excluding hydrogens is 326 g/mol. The SMILES string of the molecule is COc1ccccc1OCCOc1ccc(/C=N/NC(N)=S)cc1. The van der Waals surface area contributed by atoms with Crippen molar-refractivity contribution < 1.29 is 14.2 Å². The second-order valence-electron chi connectivity index (χ2n) is 4.65. The van der Waals surface area contributed by atoms with Gasteiger partial charge in [0, 0.05) is 0 Å². The van der Waals surface area contributed by atoms with E-state index in [0.717, 1.165) is 11.3 Å². The van der Waals surface area contributed by atoms with Crippen molar-refractivity contribution in [1.29, 1.82) is 0 Å². The molecule has 0 aromatic heterocycles. The van der Waals surface area contributed by atoms with Gasteiger partial charge in [0.05, 0.1) is 13.3 Å². The minimum Gasteiger partial charge on any atom is -0.493 e. The van der Waals surface area contributed by atoms with Crippen LogP contribution in [0.2, 0.25) is 0 Å². The standard InChI is InChI=1S/C17H19N3O3S/c1-21-15-4-2-3-5-16(15)23-11-10-22-14-8-6-13(7-9-14)12-19-20-17(18)24/h2-9,12H,10-11H2,1H3,(H3,18,20,24)/b19-12+. The molecule has 0 saturated carbocycles. The number of hydrogen-bond acceptors (Lipinski definition) is 5. The van der Waals surface area contributed by atoms with Crippen LogP contribution < -0.4 is 25.4 Å². The number of nitrogens with one attached hydrogen (secondary N) is 1. The molecule has 0 heterocycles. The highest BCUT2D eigenvalue weighted by atomic mass is 32.1. The van der Waals surface area contributed by atoms with Crippen molar-refractivity contribution in [3.8, 4) is 17.2 Å². The Morgan fingerprint density at radius 2 is 1.75 bits per heavy atom. The number of rotatable bonds is 8. The smallest absolute Gasteiger partial charge is 0.184 e. The van der Waals surface area contributed by atoms with Crippen LogP contribution in [0.15, 0.2) is 53.6 Å². The van der Waals surface area contributed by atoms with Crippen molar-refractivity contribution in [2.45, 2.75) is 0 Å². The average Bonchev–Trinajstić information content (AvgIpc) is 2.60. The number of nitrogens with two attached hydrogens (primary N) is 1. The molecule has 0 aliphatic heterocycles. The van der Waals surface area contributed by atoms with Gasteiger partial charge in [-0.15, -0.1) is 0 Å². The molecule has 2 aromatic rings. The first kappa shape index (κ1) is 17.6. The van der Waals surface area contributed by atoms with Crippen LogP contribution in [0, 0.1) is 0 Å². The molecule has 126 valence electrons. The van der Waals surface area contributed by atoms with E-state index in [1.165, 1.54) is 0 Å². The summed E-state index contributed by atoms with van der Waals surface area (Å²) >= 11 is 4.66. The average molecular weight is 345 g/mol. The molecule has 2 aromatic carbocycles. The highest BCUT2D eigenvalue weighted by Gasteiger charge is 2.02. The summed E-state index contributed by atoms with van der Waals surface area (Å²) in [5.74, 6) is 2.14. The van der Waals surface area contributed by atoms with E-state index in [0.29, 0.717) is 24.7 Å². The molecule has 0 aliphatic rings. The highest BCUT2D eigenvalue weighted by Crippen LogP contribution is 2.25. The van der Waals surface area contributed by atoms with Crippen LogP contribution in [-0.2, 0) is 0 Å². The van der Waals surface area contributed by atoms with Crippen molar-refractivity contribution in [1.82, 2.24) is 5.43 Å². The Kier molecular flexibility index (Phi) is 6.85. The van der Waals surface area contributed by atoms with E-state index in [2.05, 4.69) is 22.7 Å². The minimum absolute atomic E-state index is 0.126. The van der Waals surface area contributed by atoms with Gasteiger partial charge in [-0.25, -0.2) is 0 Å². The molecule has 24 heavy (non-hydrogen) atoms. The lowest BCUT2D eigenvalue weighted by molar-refractivity contribution is 0.211. The maximum atomic E-state index is 5.65. The molecule has 0 atom stereocenters. The Morgan fingerprint density at radius 1 is 1.08 bits per heavy atom. The topological polar surface area (TPSA) is 78.1 Å². The highest BCUT2D eigenvalue weighted by molar-refractivity contribution is 7.80. The Balaban J connectivity index is 1.76. The largest absolute Gasteiger partial charge is 0.493 e. The van der Waals surface area contributed by atoms with Crippen LogP contribution in [0.5, 0.6) is 17.2 Å². The molecule has 7 heteroatoms. The molecule has 0 aliphatic carbocycles. The third-order valence-corrected chi connectivity index (χ3v) is 3.04. The third kappa shape index (κ3) is 5.77. The maximum Gasteiger partial charge on any atom is 0.184 e. The molecule has 6 nitrogen and oxygen atoms in total. The molecule has 0 bridgehead atoms. The lowest BCUT2D eigenvalue weighted by Gasteiger charge is -2.11. The zero-order valence-electron chi connectivity index (χ0n) is 13.3. The van der Waals surface area contributed by atoms with Gasteiger partial charge in [0.2, 0.25) is 0 Å². The van der Waals surface area contributed by atoms with Crippen LogP contribution in [-0.4, -0.2) is 31.7 Å². The summed E-state index contributed by atoms with van der Waals surface area (Å²) in [5.41, 5.74) is 8.67. The summed E-state index contributed by atoms with van der Waals surface area (Å²) < 4.78 is 16.5. The van der Waals surface area contributed by atoms with Gasteiger partial charge in [-0.05, 0) is 54.2 Å². The third-order valence-electron chi connectivity index (χ3n) is 2.95. The molecule has 3 N–H and O–H groups in total. The Bertz CT molecular complexity index is 690. The van der Waals surface area contributed by atoms with E-state index in [-0.39, 0.29) is 5.11 Å². The number of ether oxygens (including phenoxy) is 3. The number of nitrogens with zero attached hydrogens (tertiary/aromatic N) is 1. The molecule has 0 radical (unpaired) electrons. The number of benzene rings is 2. The predicted octanol–water partition coefficient (Wildman–Crippen LogP) is 2.32. The van der Waals surface area contributed by atoms with Crippen LogP contribution >= 0.6 is 12.2 Å². The summed E-state index contributed by atoms with van der Waals surface area (Å²) in [4.78, 5) is 0. The van der Waals surface area contributed by atoms with Crippen LogP contribution in [0.25, 0.3) is 0 Å². The van der Waals surface area contributed by atoms with Crippen LogP contribution in [0.4, 0.5) is 0 Å². The van der Waals surface area contributed by atoms with Gasteiger partial charge in [0.25, 0.3) is 0 Å². The summed E-state index contributed by atoms with van der Waals surface area (Å²) in [7, 11) is 1.61. The fourth-order valence-corrected chi connectivity index (χ4v) is 1.92. The summed E-state index contributed by atoms with van der Waals surface area (Å²) in [6, 6.07) is 14.9. The second kappa shape index (κ2) is 9.36. The number of hydrazone groups is 1. The van der Waals surface area contributed by atoms with Gasteiger partial charge < -0.3 is 19.9 Å². The first-order valence-corrected chi connectivity index (χ1v) is 7.67. The molecule has 0 fully saturated rings. The zero-order chi connectivity index (χ0) is 17.2. The molecule has 2 rings (SSSR count). The lowest BCUT2D eigenvalue weighted by atomic mass is 10.2. The maximum absolute atomic E-state index is 5.65. The van der Waals surface area contributed by atoms with Crippen molar-refractivity contribution in [2.75, 3.05) is 20.3 Å². The van der Waals surface area contributed by atoms with Gasteiger partial charge >= 0.3 is 0 Å². The fraction of sp³-hybridized carbons (Fsp3) is 0.176. The Labute approximate surface area is 146 Å². The van der Waals surface area contributed by atoms with Gasteiger partial charge in [-0.2, -0.15) is 5.10 Å². The first-order chi connectivity index (χ1) is 11.7. The van der Waals surface area contributed by atoms with Crippen LogP contribution in [0.1, 0.15) is 5.56 Å². The molecule has 0 unspecified atom stereocenters. The summed E-state index contributed by atoms with van der Waals surface area (Å²) in [6.45, 7) is 0.843. The lowest BCUT2D eigenvalue weighted by Crippen LogP contribution is -2.23. The summed E-state index contributed by atoms with van der Waals surface area (Å²) in [5, 5.41) is 4.01. The van der Waals surface area contributed by atoms with Gasteiger partial charge in [0.1, 0.15) is 19.0 Å². The van der Waals surface area contributed by atoms with Crippen molar-refractivity contribution >= 4 is 23.5 Å². The van der Waals surface area contributed by atoms with E-state index in [9.17, 15) is 0 Å². The van der Waals surface area contributed by atoms with Gasteiger partial charge in [-0.1, -0.05) is 12.1 Å². The van der Waals surface area contributed by atoms with E-state index in [1.54, 1.807) is 13.3 Å². The number of hydrogen-bond donors (Lipinski definition) is 2. The van der Waals surface area contributed by atoms with E-state index < -0.39 is 0 Å². The predicted molar refractivity (Wildman–Crippen MR) is 97.9 cm³/mol. The summed E-state index contributed by atoms with van der Waals surface area (Å²) in [6.07, 6.45) is 1.62. The van der Waals surface area contributed by atoms with E-state index >= 15 is 0 Å². The normalized spacial score (nSPS) is 10.4. The van der Waals surface area contributed by atoms with Crippen LogP contribution in [0.3, 0.4) is 0 Å². The molecule has 0 amide bonds. The Morgan fingerprint density at radius 3 is 2.42 bits per heavy atom. The number of methoxy groups -OCH3 is 1. The van der Waals surface area contributed by atoms with E-state index in [4.69, 9.17) is 19.9 Å². The van der Waals surface area contributed by atoms with Gasteiger partial charge in [0.15, 0.2) is 16.6 Å². The zero-order valence-corrected chi connectivity index (χ0v) is 14.1. The Hall–Kier alpha value is -2.80. The number of para-hydroxylation sites is 2. The molecule has 0 spiro atoms. The van der Waals surface area contributed by atoms with E-state index in [1.807, 2.05) is 48.5 Å². The number of thiocarbonyl (C=S) groups is 1. The molecular formula is C17H19N3O3S. The second-order valence-corrected chi connectivity index (χ2v) is 5.09. The molecule has 0 saturated heterocycles. The first-order valence-electron chi connectivity index (χ1n) is 7.26. The van der Waals surface area contributed by atoms with Gasteiger partial charge in [-0.3, -0.25) is 5.43 Å². The van der Waals surface area contributed by atoms with Crippen molar-refractivity contribution in [3.05, 3.63) is 54.1 Å². The van der Waals surface area contributed by atoms with Crippen molar-refractivity contribution in [2.24, 2.45) is 10.8 Å². The quantitative estimate of drug-likeness (QED) is 0.331. The fourth-order valence-electron chi connectivity index (χ4n) is 1.87.